The Morgan fingerprint density at radius 1 is 0.879 bits per heavy atom. The van der Waals surface area contributed by atoms with Crippen LogP contribution in [0.4, 0.5) is 0 Å². The number of benzene rings is 3. The zero-order chi connectivity index (χ0) is 23.0. The van der Waals surface area contributed by atoms with E-state index in [1.807, 2.05) is 71.4 Å². The van der Waals surface area contributed by atoms with Crippen molar-refractivity contribution in [2.24, 2.45) is 0 Å². The summed E-state index contributed by atoms with van der Waals surface area (Å²) in [4.78, 5) is 18.2. The van der Waals surface area contributed by atoms with Gasteiger partial charge in [-0.1, -0.05) is 76.6 Å². The molecule has 1 unspecified atom stereocenters. The van der Waals surface area contributed by atoms with Crippen LogP contribution in [0.1, 0.15) is 23.9 Å². The predicted octanol–water partition coefficient (Wildman–Crippen LogP) is 5.02. The molecule has 1 aromatic heterocycles. The van der Waals surface area contributed by atoms with Gasteiger partial charge in [0.2, 0.25) is 5.91 Å². The molecule has 2 heterocycles. The quantitative estimate of drug-likeness (QED) is 0.377. The van der Waals surface area contributed by atoms with E-state index < -0.39 is 22.0 Å². The Labute approximate surface area is 200 Å². The maximum atomic E-state index is 13.8. The topological polar surface area (TPSA) is 72.3 Å². The van der Waals surface area contributed by atoms with E-state index in [0.29, 0.717) is 17.9 Å². The van der Waals surface area contributed by atoms with Gasteiger partial charge in [-0.3, -0.25) is 4.79 Å². The number of rotatable bonds is 4. The lowest BCUT2D eigenvalue weighted by Crippen LogP contribution is -2.39. The van der Waals surface area contributed by atoms with Gasteiger partial charge in [0.25, 0.3) is 10.0 Å². The van der Waals surface area contributed by atoms with Gasteiger partial charge in [-0.2, -0.15) is 0 Å². The number of fused-ring (bicyclic) bond motifs is 1. The van der Waals surface area contributed by atoms with E-state index in [4.69, 9.17) is 4.98 Å². The van der Waals surface area contributed by atoms with Gasteiger partial charge in [0.15, 0.2) is 0 Å². The lowest BCUT2D eigenvalue weighted by molar-refractivity contribution is -0.127. The van der Waals surface area contributed by atoms with Crippen LogP contribution >= 0.6 is 15.9 Å². The summed E-state index contributed by atoms with van der Waals surface area (Å²) in [6, 6.07) is 24.3. The standard InChI is InChI=1S/C25H20BrN3O3S/c26-20-11-13-21(14-12-20)33(31,32)29-23(30)15-16-28-17-22(18-7-3-1-4-8-18)27-25(28)24(29)19-9-5-2-6-10-19/h1-14,17,24H,15-16H2. The van der Waals surface area contributed by atoms with E-state index in [2.05, 4.69) is 15.9 Å². The summed E-state index contributed by atoms with van der Waals surface area (Å²) < 4.78 is 31.2. The average Bonchev–Trinajstić information content (AvgIpc) is 3.20. The number of hydrogen-bond acceptors (Lipinski definition) is 4. The highest BCUT2D eigenvalue weighted by atomic mass is 79.9. The fraction of sp³-hybridized carbons (Fsp3) is 0.120. The van der Waals surface area contributed by atoms with Crippen LogP contribution in [0.25, 0.3) is 11.3 Å². The second-order valence-electron chi connectivity index (χ2n) is 7.76. The van der Waals surface area contributed by atoms with Gasteiger partial charge in [-0.05, 0) is 29.8 Å². The number of nitrogens with zero attached hydrogens (tertiary/aromatic N) is 3. The summed E-state index contributed by atoms with van der Waals surface area (Å²) in [6.07, 6.45) is 1.94. The Morgan fingerprint density at radius 2 is 1.52 bits per heavy atom. The highest BCUT2D eigenvalue weighted by Crippen LogP contribution is 2.37. The van der Waals surface area contributed by atoms with Gasteiger partial charge in [-0.15, -0.1) is 0 Å². The van der Waals surface area contributed by atoms with Crippen molar-refractivity contribution in [1.29, 1.82) is 0 Å². The maximum absolute atomic E-state index is 13.8. The molecule has 0 fully saturated rings. The molecule has 0 saturated carbocycles. The summed E-state index contributed by atoms with van der Waals surface area (Å²) >= 11 is 3.34. The normalized spacial score (nSPS) is 16.3. The molecule has 4 aromatic rings. The van der Waals surface area contributed by atoms with Crippen LogP contribution in [0.3, 0.4) is 0 Å². The summed E-state index contributed by atoms with van der Waals surface area (Å²) in [5.41, 5.74) is 2.35. The molecular formula is C25H20BrN3O3S. The maximum Gasteiger partial charge on any atom is 0.267 e. The van der Waals surface area contributed by atoms with Crippen LogP contribution in [-0.4, -0.2) is 28.2 Å². The predicted molar refractivity (Wildman–Crippen MR) is 129 cm³/mol. The molecule has 1 atom stereocenters. The highest BCUT2D eigenvalue weighted by Gasteiger charge is 2.41. The molecule has 0 saturated heterocycles. The van der Waals surface area contributed by atoms with Crippen molar-refractivity contribution < 1.29 is 13.2 Å². The monoisotopic (exact) mass is 521 g/mol. The first kappa shape index (κ1) is 21.6. The molecule has 33 heavy (non-hydrogen) atoms. The number of hydrogen-bond donors (Lipinski definition) is 0. The molecule has 0 N–H and O–H groups in total. The van der Waals surface area contributed by atoms with Crippen molar-refractivity contribution in [2.75, 3.05) is 0 Å². The number of carbonyl (C=O) groups excluding carboxylic acids is 1. The van der Waals surface area contributed by atoms with Crippen molar-refractivity contribution in [3.8, 4) is 11.3 Å². The minimum atomic E-state index is -4.14. The van der Waals surface area contributed by atoms with Crippen molar-refractivity contribution in [3.63, 3.8) is 0 Å². The second kappa shape index (κ2) is 8.61. The van der Waals surface area contributed by atoms with E-state index in [1.54, 1.807) is 12.1 Å². The van der Waals surface area contributed by atoms with Crippen LogP contribution in [-0.2, 0) is 21.4 Å². The van der Waals surface area contributed by atoms with Crippen LogP contribution in [0, 0.1) is 0 Å². The van der Waals surface area contributed by atoms with E-state index >= 15 is 0 Å². The van der Waals surface area contributed by atoms with E-state index in [0.717, 1.165) is 20.0 Å². The highest BCUT2D eigenvalue weighted by molar-refractivity contribution is 9.10. The fourth-order valence-electron chi connectivity index (χ4n) is 4.06. The Hall–Kier alpha value is -3.23. The van der Waals surface area contributed by atoms with Gasteiger partial charge in [0.05, 0.1) is 10.6 Å². The SMILES string of the molecule is O=C1CCn2cc(-c3ccccc3)nc2C(c2ccccc2)N1S(=O)(=O)c1ccc(Br)cc1. The van der Waals surface area contributed by atoms with Crippen molar-refractivity contribution >= 4 is 31.9 Å². The Morgan fingerprint density at radius 3 is 2.18 bits per heavy atom. The zero-order valence-corrected chi connectivity index (χ0v) is 19.9. The molecule has 6 nitrogen and oxygen atoms in total. The van der Waals surface area contributed by atoms with Crippen molar-refractivity contribution in [1.82, 2.24) is 13.9 Å². The molecule has 0 aliphatic carbocycles. The third-order valence-electron chi connectivity index (χ3n) is 5.65. The van der Waals surface area contributed by atoms with Gasteiger partial charge >= 0.3 is 0 Å². The van der Waals surface area contributed by atoms with E-state index in [9.17, 15) is 13.2 Å². The molecule has 1 amide bonds. The first-order chi connectivity index (χ1) is 15.9. The molecule has 166 valence electrons. The Kier molecular flexibility index (Phi) is 5.64. The van der Waals surface area contributed by atoms with Crippen molar-refractivity contribution in [2.45, 2.75) is 23.9 Å². The molecule has 8 heteroatoms. The lowest BCUT2D eigenvalue weighted by Gasteiger charge is -2.29. The Balaban J connectivity index is 1.71. The molecule has 5 rings (SSSR count). The minimum absolute atomic E-state index is 0.0523. The van der Waals surface area contributed by atoms with Crippen LogP contribution < -0.4 is 0 Å². The molecule has 0 bridgehead atoms. The van der Waals surface area contributed by atoms with Gasteiger partial charge in [0.1, 0.15) is 11.9 Å². The number of amides is 1. The van der Waals surface area contributed by atoms with Crippen LogP contribution in [0.15, 0.2) is 100 Å². The largest absolute Gasteiger partial charge is 0.332 e. The average molecular weight is 522 g/mol. The molecule has 0 radical (unpaired) electrons. The second-order valence-corrected chi connectivity index (χ2v) is 10.5. The molecular weight excluding hydrogens is 502 g/mol. The number of carbonyl (C=O) groups is 1. The minimum Gasteiger partial charge on any atom is -0.332 e. The zero-order valence-electron chi connectivity index (χ0n) is 17.5. The third kappa shape index (κ3) is 4.00. The van der Waals surface area contributed by atoms with E-state index in [-0.39, 0.29) is 11.3 Å². The Bertz CT molecular complexity index is 1400. The van der Waals surface area contributed by atoms with E-state index in [1.165, 1.54) is 12.1 Å². The third-order valence-corrected chi connectivity index (χ3v) is 7.98. The van der Waals surface area contributed by atoms with Crippen LogP contribution in [0.2, 0.25) is 0 Å². The first-order valence-corrected chi connectivity index (χ1v) is 12.7. The van der Waals surface area contributed by atoms with Gasteiger partial charge < -0.3 is 4.57 Å². The molecule has 0 spiro atoms. The summed E-state index contributed by atoms with van der Waals surface area (Å²) in [7, 11) is -4.14. The fourth-order valence-corrected chi connectivity index (χ4v) is 5.89. The molecule has 1 aliphatic heterocycles. The molecule has 1 aliphatic rings. The first-order valence-electron chi connectivity index (χ1n) is 10.5. The summed E-state index contributed by atoms with van der Waals surface area (Å²) in [5, 5.41) is 0. The summed E-state index contributed by atoms with van der Waals surface area (Å²) in [6.45, 7) is 0.351. The summed E-state index contributed by atoms with van der Waals surface area (Å²) in [5.74, 6) is 0.0603. The number of halogens is 1. The number of aryl methyl sites for hydroxylation is 1. The van der Waals surface area contributed by atoms with Crippen molar-refractivity contribution in [3.05, 3.63) is 107 Å². The van der Waals surface area contributed by atoms with Gasteiger partial charge in [-0.25, -0.2) is 17.7 Å². The number of sulfonamides is 1. The number of aromatic nitrogens is 2. The lowest BCUT2D eigenvalue weighted by atomic mass is 10.1. The smallest absolute Gasteiger partial charge is 0.267 e. The number of imidazole rings is 1. The van der Waals surface area contributed by atoms with Crippen LogP contribution in [0.5, 0.6) is 0 Å². The molecule has 3 aromatic carbocycles. The van der Waals surface area contributed by atoms with Gasteiger partial charge in [0, 0.05) is 29.2 Å².